The van der Waals surface area contributed by atoms with Gasteiger partial charge in [0.2, 0.25) is 0 Å². The van der Waals surface area contributed by atoms with Crippen molar-refractivity contribution >= 4 is 0 Å². The van der Waals surface area contributed by atoms with E-state index < -0.39 is 6.10 Å². The number of rotatable bonds is 6. The average molecular weight is 406 g/mol. The third kappa shape index (κ3) is 5.16. The van der Waals surface area contributed by atoms with Gasteiger partial charge >= 0.3 is 0 Å². The summed E-state index contributed by atoms with van der Waals surface area (Å²) in [5.41, 5.74) is 2.71. The zero-order valence-electron chi connectivity index (χ0n) is 17.1. The molecule has 1 aromatic carbocycles. The van der Waals surface area contributed by atoms with Gasteiger partial charge in [0, 0.05) is 55.6 Å². The molecule has 156 valence electrons. The Bertz CT molecular complexity index is 1000. The van der Waals surface area contributed by atoms with Gasteiger partial charge in [0.1, 0.15) is 17.6 Å². The van der Waals surface area contributed by atoms with Gasteiger partial charge in [-0.1, -0.05) is 17.0 Å². The highest BCUT2D eigenvalue weighted by atomic mass is 16.5. The Kier molecular flexibility index (Phi) is 6.60. The monoisotopic (exact) mass is 406 g/mol. The predicted molar refractivity (Wildman–Crippen MR) is 113 cm³/mol. The highest BCUT2D eigenvalue weighted by molar-refractivity contribution is 5.59. The van der Waals surface area contributed by atoms with Crippen molar-refractivity contribution in [3.8, 4) is 23.2 Å². The predicted octanol–water partition coefficient (Wildman–Crippen LogP) is 2.71. The second-order valence-corrected chi connectivity index (χ2v) is 7.35. The quantitative estimate of drug-likeness (QED) is 0.635. The molecular formula is C23H26N4O3. The van der Waals surface area contributed by atoms with Crippen molar-refractivity contribution in [2.45, 2.75) is 26.0 Å². The number of hydrogen-bond donors (Lipinski definition) is 1. The van der Waals surface area contributed by atoms with Crippen LogP contribution >= 0.6 is 0 Å². The number of aliphatic hydroxyl groups excluding tert-OH is 1. The van der Waals surface area contributed by atoms with E-state index in [9.17, 15) is 5.11 Å². The van der Waals surface area contributed by atoms with E-state index >= 15 is 0 Å². The van der Waals surface area contributed by atoms with Gasteiger partial charge in [0.15, 0.2) is 5.76 Å². The van der Waals surface area contributed by atoms with Gasteiger partial charge in [-0.2, -0.15) is 0 Å². The molecule has 2 aromatic heterocycles. The van der Waals surface area contributed by atoms with Crippen LogP contribution in [0.15, 0.2) is 47.2 Å². The Hall–Kier alpha value is -2.92. The molecule has 1 aliphatic rings. The van der Waals surface area contributed by atoms with Gasteiger partial charge in [0.25, 0.3) is 0 Å². The van der Waals surface area contributed by atoms with Gasteiger partial charge in [-0.25, -0.2) is 4.98 Å². The number of aliphatic hydroxyl groups is 1. The minimum absolute atomic E-state index is 0.496. The lowest BCUT2D eigenvalue weighted by atomic mass is 10.1. The molecule has 0 spiro atoms. The molecule has 1 saturated heterocycles. The number of hydrogen-bond acceptors (Lipinski definition) is 6. The molecule has 30 heavy (non-hydrogen) atoms. The molecule has 3 aromatic rings. The number of nitrogens with zero attached hydrogens (tertiary/aromatic N) is 4. The minimum atomic E-state index is -0.631. The molecule has 3 heterocycles. The van der Waals surface area contributed by atoms with Crippen molar-refractivity contribution in [1.29, 1.82) is 0 Å². The maximum atomic E-state index is 9.78. The lowest BCUT2D eigenvalue weighted by molar-refractivity contribution is 0.0390. The van der Waals surface area contributed by atoms with Crippen LogP contribution in [0.2, 0.25) is 0 Å². The Balaban J connectivity index is 1.34. The maximum absolute atomic E-state index is 9.78. The molecule has 0 bridgehead atoms. The number of ether oxygens (including phenoxy) is 1. The SMILES string of the molecule is C[C@H](O)c1nccn1Cc1cc(-c2ccc(C#CCCN3CCOCC3)cc2)on1. The van der Waals surface area contributed by atoms with E-state index in [1.54, 1.807) is 13.1 Å². The molecule has 1 atom stereocenters. The van der Waals surface area contributed by atoms with Crippen molar-refractivity contribution in [1.82, 2.24) is 19.6 Å². The van der Waals surface area contributed by atoms with Crippen molar-refractivity contribution < 1.29 is 14.4 Å². The van der Waals surface area contributed by atoms with Crippen molar-refractivity contribution in [2.75, 3.05) is 32.8 Å². The first-order valence-corrected chi connectivity index (χ1v) is 10.2. The number of morpholine rings is 1. The number of imidazole rings is 1. The molecule has 1 aliphatic heterocycles. The Morgan fingerprint density at radius 2 is 2.00 bits per heavy atom. The molecule has 1 N–H and O–H groups in total. The summed E-state index contributed by atoms with van der Waals surface area (Å²) in [5.74, 6) is 7.79. The minimum Gasteiger partial charge on any atom is -0.385 e. The lowest BCUT2D eigenvalue weighted by Gasteiger charge is -2.25. The second-order valence-electron chi connectivity index (χ2n) is 7.35. The third-order valence-electron chi connectivity index (χ3n) is 5.07. The summed E-state index contributed by atoms with van der Waals surface area (Å²) in [5, 5.41) is 13.9. The zero-order valence-corrected chi connectivity index (χ0v) is 17.1. The largest absolute Gasteiger partial charge is 0.385 e. The van der Waals surface area contributed by atoms with Crippen LogP contribution in [0.4, 0.5) is 0 Å². The van der Waals surface area contributed by atoms with Crippen molar-refractivity contribution in [3.05, 3.63) is 59.8 Å². The van der Waals surface area contributed by atoms with E-state index in [1.165, 1.54) is 0 Å². The van der Waals surface area contributed by atoms with Crippen LogP contribution < -0.4 is 0 Å². The lowest BCUT2D eigenvalue weighted by Crippen LogP contribution is -2.36. The van der Waals surface area contributed by atoms with E-state index in [0.717, 1.165) is 56.1 Å². The summed E-state index contributed by atoms with van der Waals surface area (Å²) in [4.78, 5) is 6.56. The van der Waals surface area contributed by atoms with Crippen LogP contribution in [-0.4, -0.2) is 57.6 Å². The summed E-state index contributed by atoms with van der Waals surface area (Å²) in [6.07, 6.45) is 3.72. The van der Waals surface area contributed by atoms with E-state index in [4.69, 9.17) is 9.26 Å². The van der Waals surface area contributed by atoms with Gasteiger partial charge in [-0.15, -0.1) is 0 Å². The zero-order chi connectivity index (χ0) is 20.8. The van der Waals surface area contributed by atoms with Crippen LogP contribution in [0.5, 0.6) is 0 Å². The Morgan fingerprint density at radius 3 is 2.77 bits per heavy atom. The summed E-state index contributed by atoms with van der Waals surface area (Å²) >= 11 is 0. The van der Waals surface area contributed by atoms with Gasteiger partial charge in [-0.05, 0) is 31.2 Å². The summed E-state index contributed by atoms with van der Waals surface area (Å²) in [7, 11) is 0. The summed E-state index contributed by atoms with van der Waals surface area (Å²) < 4.78 is 12.7. The molecule has 0 saturated carbocycles. The number of benzene rings is 1. The van der Waals surface area contributed by atoms with Crippen molar-refractivity contribution in [3.63, 3.8) is 0 Å². The van der Waals surface area contributed by atoms with Crippen LogP contribution in [-0.2, 0) is 11.3 Å². The van der Waals surface area contributed by atoms with E-state index in [1.807, 2.05) is 41.1 Å². The van der Waals surface area contributed by atoms with Crippen molar-refractivity contribution in [2.24, 2.45) is 0 Å². The molecule has 0 unspecified atom stereocenters. The van der Waals surface area contributed by atoms with Crippen LogP contribution in [0.3, 0.4) is 0 Å². The molecule has 7 heteroatoms. The van der Waals surface area contributed by atoms with E-state index in [-0.39, 0.29) is 0 Å². The molecule has 1 fully saturated rings. The fourth-order valence-electron chi connectivity index (χ4n) is 3.44. The molecule has 7 nitrogen and oxygen atoms in total. The summed E-state index contributed by atoms with van der Waals surface area (Å²) in [6, 6.07) is 9.90. The molecule has 0 amide bonds. The van der Waals surface area contributed by atoms with Gasteiger partial charge in [0.05, 0.1) is 19.8 Å². The fourth-order valence-corrected chi connectivity index (χ4v) is 3.44. The Morgan fingerprint density at radius 1 is 1.20 bits per heavy atom. The smallest absolute Gasteiger partial charge is 0.167 e. The van der Waals surface area contributed by atoms with Gasteiger partial charge in [-0.3, -0.25) is 4.90 Å². The maximum Gasteiger partial charge on any atom is 0.167 e. The normalized spacial score (nSPS) is 15.5. The first kappa shape index (κ1) is 20.4. The van der Waals surface area contributed by atoms with Gasteiger partial charge < -0.3 is 18.9 Å². The Labute approximate surface area is 176 Å². The van der Waals surface area contributed by atoms with E-state index in [0.29, 0.717) is 18.1 Å². The number of aromatic nitrogens is 3. The molecular weight excluding hydrogens is 380 g/mol. The van der Waals surface area contributed by atoms with E-state index in [2.05, 4.69) is 26.9 Å². The first-order valence-electron chi connectivity index (χ1n) is 10.2. The average Bonchev–Trinajstić information content (AvgIpc) is 3.43. The highest BCUT2D eigenvalue weighted by Gasteiger charge is 2.12. The standard InChI is InChI=1S/C23H26N4O3/c1-18(28)23-24-9-11-27(23)17-21-16-22(30-25-21)20-7-5-19(6-8-20)4-2-3-10-26-12-14-29-15-13-26/h5-9,11,16,18,28H,3,10,12-15,17H2,1H3/t18-/m0/s1. The highest BCUT2D eigenvalue weighted by Crippen LogP contribution is 2.22. The summed E-state index contributed by atoms with van der Waals surface area (Å²) in [6.45, 7) is 6.82. The van der Waals surface area contributed by atoms with Crippen LogP contribution in [0.1, 0.15) is 36.5 Å². The third-order valence-corrected chi connectivity index (χ3v) is 5.07. The molecule has 0 aliphatic carbocycles. The van der Waals surface area contributed by atoms with Crippen LogP contribution in [0, 0.1) is 11.8 Å². The molecule has 0 radical (unpaired) electrons. The topological polar surface area (TPSA) is 76.6 Å². The van der Waals surface area contributed by atoms with Crippen LogP contribution in [0.25, 0.3) is 11.3 Å². The first-order chi connectivity index (χ1) is 14.7. The fraction of sp³-hybridized carbons (Fsp3) is 0.391. The second kappa shape index (κ2) is 9.72. The molecule has 4 rings (SSSR count).